The van der Waals surface area contributed by atoms with Crippen molar-refractivity contribution >= 4 is 23.5 Å². The van der Waals surface area contributed by atoms with Gasteiger partial charge in [0, 0.05) is 50.3 Å². The molecule has 2 unspecified atom stereocenters. The average molecular weight is 660 g/mol. The number of hydrogen-bond donors (Lipinski definition) is 2. The molecule has 0 radical (unpaired) electrons. The average Bonchev–Trinajstić information content (AvgIpc) is 3.62. The number of halogens is 1. The zero-order valence-corrected chi connectivity index (χ0v) is 28.5. The number of hydrogen-bond acceptors (Lipinski definition) is 5. The van der Waals surface area contributed by atoms with Gasteiger partial charge in [-0.15, -0.1) is 0 Å². The van der Waals surface area contributed by atoms with Gasteiger partial charge in [-0.25, -0.2) is 9.78 Å². The third kappa shape index (κ3) is 8.36. The van der Waals surface area contributed by atoms with Gasteiger partial charge in [-0.3, -0.25) is 9.48 Å². The Labute approximate surface area is 284 Å². The molecule has 47 heavy (non-hydrogen) atoms. The summed E-state index contributed by atoms with van der Waals surface area (Å²) >= 11 is 6.23. The number of piperidine rings is 2. The molecule has 3 amide bonds. The van der Waals surface area contributed by atoms with E-state index in [1.165, 1.54) is 37.7 Å². The third-order valence-electron chi connectivity index (χ3n) is 11.1. The molecule has 3 atom stereocenters. The first-order chi connectivity index (χ1) is 22.9. The number of rotatable bonds is 10. The third-order valence-corrected chi connectivity index (χ3v) is 11.3. The van der Waals surface area contributed by atoms with Crippen molar-refractivity contribution in [1.82, 2.24) is 35.2 Å². The van der Waals surface area contributed by atoms with Crippen LogP contribution in [0.5, 0.6) is 0 Å². The summed E-state index contributed by atoms with van der Waals surface area (Å²) < 4.78 is 2.01. The molecule has 3 aliphatic rings. The number of nitrogens with zero attached hydrogens (tertiary/aromatic N) is 5. The monoisotopic (exact) mass is 659 g/mol. The normalized spacial score (nSPS) is 22.5. The molecule has 10 heteroatoms. The Kier molecular flexibility index (Phi) is 11.1. The largest absolute Gasteiger partial charge is 0.341 e. The van der Waals surface area contributed by atoms with Crippen molar-refractivity contribution in [2.75, 3.05) is 26.7 Å². The van der Waals surface area contributed by atoms with Crippen LogP contribution in [0, 0.1) is 11.3 Å². The molecule has 2 saturated heterocycles. The number of amides is 3. The number of likely N-dealkylation sites (tertiary alicyclic amines) is 2. The summed E-state index contributed by atoms with van der Waals surface area (Å²) in [6.45, 7) is 3.04. The number of aromatic nitrogens is 3. The molecule has 1 aromatic heterocycles. The maximum atomic E-state index is 14.5. The van der Waals surface area contributed by atoms with E-state index in [1.807, 2.05) is 58.4 Å². The lowest BCUT2D eigenvalue weighted by atomic mass is 9.63. The van der Waals surface area contributed by atoms with Gasteiger partial charge in [0.2, 0.25) is 5.91 Å². The first-order valence-electron chi connectivity index (χ1n) is 17.6. The minimum Gasteiger partial charge on any atom is -0.341 e. The van der Waals surface area contributed by atoms with Crippen molar-refractivity contribution in [3.8, 4) is 0 Å². The van der Waals surface area contributed by atoms with Crippen LogP contribution < -0.4 is 10.6 Å². The summed E-state index contributed by atoms with van der Waals surface area (Å²) in [4.78, 5) is 35.6. The zero-order valence-electron chi connectivity index (χ0n) is 27.7. The molecule has 0 bridgehead atoms. The van der Waals surface area contributed by atoms with Crippen LogP contribution in [0.25, 0.3) is 0 Å². The van der Waals surface area contributed by atoms with E-state index < -0.39 is 0 Å². The molecule has 3 heterocycles. The highest BCUT2D eigenvalue weighted by atomic mass is 35.5. The molecular formula is C37H50ClN7O2. The van der Waals surface area contributed by atoms with E-state index in [9.17, 15) is 9.59 Å². The van der Waals surface area contributed by atoms with Gasteiger partial charge in [0.15, 0.2) is 0 Å². The van der Waals surface area contributed by atoms with Gasteiger partial charge in [-0.2, -0.15) is 5.10 Å². The van der Waals surface area contributed by atoms with E-state index in [1.54, 1.807) is 13.4 Å². The van der Waals surface area contributed by atoms with Crippen LogP contribution in [0.1, 0.15) is 68.9 Å². The number of urea groups is 1. The molecule has 3 fully saturated rings. The number of carbonyl (C=O) groups is 2. The van der Waals surface area contributed by atoms with Gasteiger partial charge in [0.05, 0.1) is 6.04 Å². The van der Waals surface area contributed by atoms with Crippen LogP contribution in [-0.4, -0.2) is 81.3 Å². The molecule has 0 spiro atoms. The molecule has 2 aliphatic heterocycles. The van der Waals surface area contributed by atoms with Crippen molar-refractivity contribution in [3.05, 3.63) is 83.4 Å². The van der Waals surface area contributed by atoms with Gasteiger partial charge in [-0.1, -0.05) is 73.3 Å². The van der Waals surface area contributed by atoms with E-state index in [0.717, 1.165) is 57.3 Å². The number of nitrogens with one attached hydrogen (secondary N) is 2. The molecule has 9 nitrogen and oxygen atoms in total. The minimum atomic E-state index is -0.359. The summed E-state index contributed by atoms with van der Waals surface area (Å²) in [5.74, 6) is 0.832. The van der Waals surface area contributed by atoms with E-state index >= 15 is 0 Å². The van der Waals surface area contributed by atoms with E-state index in [-0.39, 0.29) is 35.5 Å². The number of carbonyl (C=O) groups excluding carboxylic acids is 2. The van der Waals surface area contributed by atoms with Crippen LogP contribution in [0.15, 0.2) is 67.3 Å². The predicted molar refractivity (Wildman–Crippen MR) is 185 cm³/mol. The highest BCUT2D eigenvalue weighted by Crippen LogP contribution is 2.47. The fourth-order valence-electron chi connectivity index (χ4n) is 8.49. The van der Waals surface area contributed by atoms with E-state index in [0.29, 0.717) is 23.9 Å². The lowest BCUT2D eigenvalue weighted by Gasteiger charge is -2.48. The first-order valence-corrected chi connectivity index (χ1v) is 17.9. The minimum absolute atomic E-state index is 0.0396. The van der Waals surface area contributed by atoms with Crippen LogP contribution in [0.2, 0.25) is 5.02 Å². The van der Waals surface area contributed by atoms with Gasteiger partial charge in [0.1, 0.15) is 12.7 Å². The van der Waals surface area contributed by atoms with Gasteiger partial charge < -0.3 is 20.4 Å². The zero-order chi connectivity index (χ0) is 32.6. The van der Waals surface area contributed by atoms with E-state index in [4.69, 9.17) is 11.6 Å². The Hall–Kier alpha value is -3.43. The summed E-state index contributed by atoms with van der Waals surface area (Å²) in [7, 11) is 1.70. The van der Waals surface area contributed by atoms with Crippen molar-refractivity contribution in [2.45, 2.75) is 95.3 Å². The maximum Gasteiger partial charge on any atom is 0.317 e. The Morgan fingerprint density at radius 1 is 0.957 bits per heavy atom. The summed E-state index contributed by atoms with van der Waals surface area (Å²) in [5.41, 5.74) is 2.44. The Bertz CT molecular complexity index is 1420. The molecule has 2 N–H and O–H groups in total. The summed E-state index contributed by atoms with van der Waals surface area (Å²) in [6, 6.07) is 18.0. The van der Waals surface area contributed by atoms with E-state index in [2.05, 4.69) is 37.7 Å². The molecule has 1 aliphatic carbocycles. The van der Waals surface area contributed by atoms with Crippen LogP contribution >= 0.6 is 11.6 Å². The first kappa shape index (κ1) is 33.5. The van der Waals surface area contributed by atoms with Gasteiger partial charge >= 0.3 is 6.03 Å². The Balaban J connectivity index is 1.18. The smallest absolute Gasteiger partial charge is 0.317 e. The Morgan fingerprint density at radius 2 is 1.70 bits per heavy atom. The fourth-order valence-corrected chi connectivity index (χ4v) is 8.62. The highest BCUT2D eigenvalue weighted by molar-refractivity contribution is 6.30. The van der Waals surface area contributed by atoms with Crippen molar-refractivity contribution in [3.63, 3.8) is 0 Å². The van der Waals surface area contributed by atoms with Crippen molar-refractivity contribution in [1.29, 1.82) is 0 Å². The molecular weight excluding hydrogens is 610 g/mol. The predicted octanol–water partition coefficient (Wildman–Crippen LogP) is 5.74. The molecule has 6 rings (SSSR count). The van der Waals surface area contributed by atoms with Gasteiger partial charge in [-0.05, 0) is 86.0 Å². The fraction of sp³-hybridized carbons (Fsp3) is 0.568. The standard InChI is InChI=1S/C37H50ClN7O2/c1-39-36(47)45-19-16-32(24-33(45)22-28-8-4-2-5-9-28)42-34(23-29-12-14-31(38)15-13-29)35(46)43-20-17-37(18-21-43,25-44-27-40-26-41-44)30-10-6-3-7-11-30/h2,4-5,8-9,12-15,26-27,30,32-34,42H,3,6-7,10-11,16-25H2,1H3,(H,39,47)/t32?,33?,34-/m1/s1. The molecule has 2 aromatic carbocycles. The molecule has 252 valence electrons. The summed E-state index contributed by atoms with van der Waals surface area (Å²) in [6.07, 6.45) is 14.9. The van der Waals surface area contributed by atoms with Crippen molar-refractivity contribution in [2.24, 2.45) is 11.3 Å². The van der Waals surface area contributed by atoms with Crippen molar-refractivity contribution < 1.29 is 9.59 Å². The lowest BCUT2D eigenvalue weighted by Crippen LogP contribution is -2.59. The Morgan fingerprint density at radius 3 is 2.38 bits per heavy atom. The van der Waals surface area contributed by atoms with Gasteiger partial charge in [0.25, 0.3) is 0 Å². The summed E-state index contributed by atoms with van der Waals surface area (Å²) in [5, 5.41) is 11.8. The maximum absolute atomic E-state index is 14.5. The second-order valence-electron chi connectivity index (χ2n) is 14.0. The second-order valence-corrected chi connectivity index (χ2v) is 14.4. The number of benzene rings is 2. The van der Waals surface area contributed by atoms with Crippen LogP contribution in [-0.2, 0) is 24.2 Å². The quantitative estimate of drug-likeness (QED) is 0.290. The topological polar surface area (TPSA) is 95.4 Å². The molecule has 3 aromatic rings. The lowest BCUT2D eigenvalue weighted by molar-refractivity contribution is -0.137. The SMILES string of the molecule is CNC(=O)N1CCC(N[C@H](Cc2ccc(Cl)cc2)C(=O)N2CCC(Cn3cncn3)(C3CCCCC3)CC2)CC1Cc1ccccc1. The molecule has 1 saturated carbocycles. The van der Waals surface area contributed by atoms with Crippen LogP contribution in [0.4, 0.5) is 4.79 Å². The highest BCUT2D eigenvalue weighted by Gasteiger charge is 2.44. The van der Waals surface area contributed by atoms with Crippen LogP contribution in [0.3, 0.4) is 0 Å². The second kappa shape index (κ2) is 15.6.